The van der Waals surface area contributed by atoms with E-state index >= 15 is 0 Å². The number of morpholine rings is 1. The molecule has 1 amide bonds. The van der Waals surface area contributed by atoms with Gasteiger partial charge < -0.3 is 14.7 Å². The molecule has 2 heterocycles. The van der Waals surface area contributed by atoms with Crippen molar-refractivity contribution in [2.24, 2.45) is 0 Å². The Morgan fingerprint density at radius 3 is 2.55 bits per heavy atom. The van der Waals surface area contributed by atoms with Crippen LogP contribution >= 0.6 is 11.8 Å². The number of carbonyl (C=O) groups excluding carboxylic acids is 1. The third-order valence-electron chi connectivity index (χ3n) is 5.41. The topological polar surface area (TPSA) is 62.7 Å². The zero-order valence-corrected chi connectivity index (χ0v) is 18.1. The average Bonchev–Trinajstić information content (AvgIpc) is 2.84. The van der Waals surface area contributed by atoms with Crippen molar-refractivity contribution < 1.29 is 14.6 Å². The number of pyridine rings is 1. The summed E-state index contributed by atoms with van der Waals surface area (Å²) in [6.07, 6.45) is 2.18. The van der Waals surface area contributed by atoms with Gasteiger partial charge in [0.25, 0.3) is 5.91 Å². The molecule has 1 aliphatic rings. The van der Waals surface area contributed by atoms with Crippen LogP contribution in [0, 0.1) is 0 Å². The van der Waals surface area contributed by atoms with E-state index < -0.39 is 6.10 Å². The number of benzene rings is 2. The highest BCUT2D eigenvalue weighted by atomic mass is 32.2. The van der Waals surface area contributed by atoms with Crippen LogP contribution in [-0.4, -0.2) is 52.5 Å². The number of thioether (sulfide) groups is 1. The number of hydrogen-bond acceptors (Lipinski definition) is 5. The first kappa shape index (κ1) is 21.6. The summed E-state index contributed by atoms with van der Waals surface area (Å²) in [5.74, 6) is 0.761. The number of aryl methyl sites for hydroxylation is 1. The van der Waals surface area contributed by atoms with Crippen LogP contribution in [0.4, 0.5) is 0 Å². The molecule has 6 heteroatoms. The Morgan fingerprint density at radius 1 is 1.06 bits per heavy atom. The van der Waals surface area contributed by atoms with E-state index in [-0.39, 0.29) is 18.6 Å². The van der Waals surface area contributed by atoms with E-state index in [2.05, 4.69) is 17.1 Å². The molecule has 31 heavy (non-hydrogen) atoms. The number of amides is 1. The SMILES string of the molecule is O=C(c1cccnc1SCCc1ccccc1)N1CCO[C@H](CO)[C@H]1c1ccccc1. The van der Waals surface area contributed by atoms with E-state index in [1.54, 1.807) is 24.0 Å². The number of aromatic nitrogens is 1. The van der Waals surface area contributed by atoms with Crippen molar-refractivity contribution in [3.63, 3.8) is 0 Å². The van der Waals surface area contributed by atoms with Crippen LogP contribution in [0.3, 0.4) is 0 Å². The molecule has 1 fully saturated rings. The first-order valence-corrected chi connectivity index (χ1v) is 11.5. The largest absolute Gasteiger partial charge is 0.394 e. The molecule has 3 aromatic rings. The molecule has 0 unspecified atom stereocenters. The second kappa shape index (κ2) is 10.6. The molecule has 0 aliphatic carbocycles. The molecule has 0 saturated carbocycles. The third kappa shape index (κ3) is 5.15. The van der Waals surface area contributed by atoms with Crippen LogP contribution < -0.4 is 0 Å². The van der Waals surface area contributed by atoms with Crippen LogP contribution in [0.25, 0.3) is 0 Å². The molecule has 2 atom stereocenters. The summed E-state index contributed by atoms with van der Waals surface area (Å²) in [6, 6.07) is 23.4. The molecular formula is C25H26N2O3S. The summed E-state index contributed by atoms with van der Waals surface area (Å²) in [5.41, 5.74) is 2.82. The van der Waals surface area contributed by atoms with Crippen molar-refractivity contribution >= 4 is 17.7 Å². The highest BCUT2D eigenvalue weighted by molar-refractivity contribution is 7.99. The third-order valence-corrected chi connectivity index (χ3v) is 6.41. The second-order valence-corrected chi connectivity index (χ2v) is 8.47. The summed E-state index contributed by atoms with van der Waals surface area (Å²) in [6.45, 7) is 0.726. The number of hydrogen-bond donors (Lipinski definition) is 1. The monoisotopic (exact) mass is 434 g/mol. The van der Waals surface area contributed by atoms with Gasteiger partial charge in [0.2, 0.25) is 0 Å². The van der Waals surface area contributed by atoms with Crippen molar-refractivity contribution in [3.05, 3.63) is 95.7 Å². The van der Waals surface area contributed by atoms with Gasteiger partial charge in [-0.25, -0.2) is 4.98 Å². The van der Waals surface area contributed by atoms with Gasteiger partial charge in [-0.3, -0.25) is 4.79 Å². The molecule has 1 saturated heterocycles. The van der Waals surface area contributed by atoms with E-state index in [1.165, 1.54) is 5.56 Å². The summed E-state index contributed by atoms with van der Waals surface area (Å²) in [4.78, 5) is 19.9. The van der Waals surface area contributed by atoms with Crippen LogP contribution in [0.5, 0.6) is 0 Å². The Bertz CT molecular complexity index is 984. The van der Waals surface area contributed by atoms with Gasteiger partial charge in [0.05, 0.1) is 24.8 Å². The smallest absolute Gasteiger partial charge is 0.257 e. The minimum absolute atomic E-state index is 0.0779. The van der Waals surface area contributed by atoms with Gasteiger partial charge in [0.15, 0.2) is 0 Å². The Morgan fingerprint density at radius 2 is 1.81 bits per heavy atom. The average molecular weight is 435 g/mol. The van der Waals surface area contributed by atoms with Gasteiger partial charge in [-0.15, -0.1) is 11.8 Å². The van der Waals surface area contributed by atoms with Gasteiger partial charge in [0.1, 0.15) is 11.1 Å². The zero-order chi connectivity index (χ0) is 21.5. The van der Waals surface area contributed by atoms with E-state index in [0.29, 0.717) is 18.7 Å². The van der Waals surface area contributed by atoms with Gasteiger partial charge in [-0.05, 0) is 29.7 Å². The van der Waals surface area contributed by atoms with Crippen molar-refractivity contribution in [2.75, 3.05) is 25.5 Å². The summed E-state index contributed by atoms with van der Waals surface area (Å²) >= 11 is 1.60. The Kier molecular flexibility index (Phi) is 7.35. The lowest BCUT2D eigenvalue weighted by atomic mass is 9.97. The summed E-state index contributed by atoms with van der Waals surface area (Å²) in [5, 5.41) is 10.6. The molecule has 160 valence electrons. The van der Waals surface area contributed by atoms with Crippen molar-refractivity contribution in [3.8, 4) is 0 Å². The Balaban J connectivity index is 1.55. The molecular weight excluding hydrogens is 408 g/mol. The van der Waals surface area contributed by atoms with E-state index in [9.17, 15) is 9.90 Å². The quantitative estimate of drug-likeness (QED) is 0.570. The summed E-state index contributed by atoms with van der Waals surface area (Å²) < 4.78 is 5.79. The minimum Gasteiger partial charge on any atom is -0.394 e. The fourth-order valence-corrected chi connectivity index (χ4v) is 4.87. The lowest BCUT2D eigenvalue weighted by molar-refractivity contribution is -0.0812. The van der Waals surface area contributed by atoms with Crippen molar-refractivity contribution in [2.45, 2.75) is 23.6 Å². The standard InChI is InChI=1S/C25H26N2O3S/c28-18-22-23(20-10-5-2-6-11-20)27(15-16-30-22)25(29)21-12-7-14-26-24(21)31-17-13-19-8-3-1-4-9-19/h1-12,14,22-23,28H,13,15-18H2/t22-,23-/m1/s1. The molecule has 4 rings (SSSR count). The fourth-order valence-electron chi connectivity index (χ4n) is 3.89. The first-order chi connectivity index (χ1) is 15.3. The van der Waals surface area contributed by atoms with Crippen LogP contribution in [0.1, 0.15) is 27.5 Å². The van der Waals surface area contributed by atoms with Gasteiger partial charge >= 0.3 is 0 Å². The Labute approximate surface area is 187 Å². The fraction of sp³-hybridized carbons (Fsp3) is 0.280. The van der Waals surface area contributed by atoms with Crippen molar-refractivity contribution in [1.82, 2.24) is 9.88 Å². The molecule has 1 N–H and O–H groups in total. The van der Waals surface area contributed by atoms with Gasteiger partial charge in [0, 0.05) is 18.5 Å². The highest BCUT2D eigenvalue weighted by Gasteiger charge is 2.37. The number of carbonyl (C=O) groups is 1. The predicted octanol–water partition coefficient (Wildman–Crippen LogP) is 3.99. The summed E-state index contributed by atoms with van der Waals surface area (Å²) in [7, 11) is 0. The van der Waals surface area contributed by atoms with E-state index in [0.717, 1.165) is 22.8 Å². The number of nitrogens with zero attached hydrogens (tertiary/aromatic N) is 2. The van der Waals surface area contributed by atoms with Gasteiger partial charge in [-0.1, -0.05) is 60.7 Å². The van der Waals surface area contributed by atoms with Crippen LogP contribution in [0.2, 0.25) is 0 Å². The zero-order valence-electron chi connectivity index (χ0n) is 17.3. The molecule has 1 aliphatic heterocycles. The normalized spacial score (nSPS) is 18.7. The lowest BCUT2D eigenvalue weighted by Gasteiger charge is -2.41. The highest BCUT2D eigenvalue weighted by Crippen LogP contribution is 2.32. The molecule has 0 bridgehead atoms. The predicted molar refractivity (Wildman–Crippen MR) is 122 cm³/mol. The number of ether oxygens (including phenoxy) is 1. The lowest BCUT2D eigenvalue weighted by Crippen LogP contribution is -2.49. The minimum atomic E-state index is -0.453. The molecule has 2 aromatic carbocycles. The Hall–Kier alpha value is -2.67. The maximum atomic E-state index is 13.6. The van der Waals surface area contributed by atoms with Crippen LogP contribution in [0.15, 0.2) is 84.0 Å². The van der Waals surface area contributed by atoms with E-state index in [1.807, 2.05) is 59.5 Å². The molecule has 1 aromatic heterocycles. The maximum Gasteiger partial charge on any atom is 0.257 e. The van der Waals surface area contributed by atoms with Crippen molar-refractivity contribution in [1.29, 1.82) is 0 Å². The maximum absolute atomic E-state index is 13.6. The molecule has 5 nitrogen and oxygen atoms in total. The van der Waals surface area contributed by atoms with Gasteiger partial charge in [-0.2, -0.15) is 0 Å². The molecule has 0 spiro atoms. The van der Waals surface area contributed by atoms with Crippen LogP contribution in [-0.2, 0) is 11.2 Å². The van der Waals surface area contributed by atoms with E-state index in [4.69, 9.17) is 4.74 Å². The first-order valence-electron chi connectivity index (χ1n) is 10.5. The number of aliphatic hydroxyl groups excluding tert-OH is 1. The number of rotatable bonds is 7. The second-order valence-electron chi connectivity index (χ2n) is 7.39. The molecule has 0 radical (unpaired) electrons. The number of aliphatic hydroxyl groups is 1.